The average molecular weight is 739 g/mol. The number of nitrogens with two attached hydrogens (primary N) is 1. The van der Waals surface area contributed by atoms with Gasteiger partial charge in [0.15, 0.2) is 0 Å². The van der Waals surface area contributed by atoms with Crippen molar-refractivity contribution in [2.75, 3.05) is 66.8 Å². The summed E-state index contributed by atoms with van der Waals surface area (Å²) in [5, 5.41) is 10.3. The Morgan fingerprint density at radius 1 is 1.23 bits per heavy atom. The standard InChI is InChI=1S/C40H56F2N6O3S/c1-9-34(41)37(52-27(3)44)31(17-43)26(2)36-33-21-50-20-32(33)30(16-35(36)42)38(48-28-10-11-29(48)19-47(18-28)14-15-49-8)45-25-51-24-40(12-13-40)23-46(7)22-39(4,5)6/h9,16,28-29H,2-3,10-15,18-25,44H2,1,4-8H3/b34-9+,37-31+,45-38+. The molecule has 0 amide bonds. The summed E-state index contributed by atoms with van der Waals surface area (Å²) < 4.78 is 49.4. The van der Waals surface area contributed by atoms with Crippen LogP contribution in [0.4, 0.5) is 8.78 Å². The predicted octanol–water partition coefficient (Wildman–Crippen LogP) is 6.96. The molecule has 1 aliphatic carbocycles. The monoisotopic (exact) mass is 738 g/mol. The number of hydrogen-bond acceptors (Lipinski definition) is 9. The predicted molar refractivity (Wildman–Crippen MR) is 205 cm³/mol. The number of ether oxygens (including phenoxy) is 3. The average Bonchev–Trinajstić information content (AvgIpc) is 3.55. The van der Waals surface area contributed by atoms with E-state index in [2.05, 4.69) is 61.7 Å². The van der Waals surface area contributed by atoms with E-state index < -0.39 is 11.6 Å². The van der Waals surface area contributed by atoms with Crippen LogP contribution in [-0.2, 0) is 27.4 Å². The minimum Gasteiger partial charge on any atom is -0.394 e. The number of benzene rings is 1. The van der Waals surface area contributed by atoms with Crippen molar-refractivity contribution < 1.29 is 23.0 Å². The van der Waals surface area contributed by atoms with Gasteiger partial charge in [0.05, 0.1) is 41.9 Å². The number of rotatable bonds is 16. The van der Waals surface area contributed by atoms with Crippen LogP contribution < -0.4 is 5.73 Å². The molecule has 2 atom stereocenters. The van der Waals surface area contributed by atoms with Crippen LogP contribution in [-0.4, -0.2) is 99.4 Å². The molecule has 3 fully saturated rings. The summed E-state index contributed by atoms with van der Waals surface area (Å²) in [6, 6.07) is 3.94. The summed E-state index contributed by atoms with van der Waals surface area (Å²) in [7, 11) is 3.90. The number of methoxy groups -OCH3 is 1. The third-order valence-electron chi connectivity index (χ3n) is 10.3. The van der Waals surface area contributed by atoms with E-state index in [-0.39, 0.29) is 69.5 Å². The fraction of sp³-hybridized carbons (Fsp3) is 0.600. The van der Waals surface area contributed by atoms with Crippen LogP contribution in [0.3, 0.4) is 0 Å². The summed E-state index contributed by atoms with van der Waals surface area (Å²) in [5.41, 5.74) is 8.29. The summed E-state index contributed by atoms with van der Waals surface area (Å²) in [6.45, 7) is 22.4. The fourth-order valence-corrected chi connectivity index (χ4v) is 8.84. The van der Waals surface area contributed by atoms with Crippen molar-refractivity contribution in [3.8, 4) is 6.07 Å². The van der Waals surface area contributed by atoms with Gasteiger partial charge < -0.3 is 29.7 Å². The first-order chi connectivity index (χ1) is 24.7. The van der Waals surface area contributed by atoms with Gasteiger partial charge >= 0.3 is 0 Å². The number of allylic oxidation sites excluding steroid dienone is 4. The third-order valence-corrected chi connectivity index (χ3v) is 11.2. The Kier molecular flexibility index (Phi) is 13.1. The molecule has 1 aromatic rings. The SMILES string of the molecule is C=C(N)SC(=C(\C#N)C(=C)c1c(F)cc(/C(=N\COCC2(CN(C)CC(C)(C)C)CC2)N2C3CCC2CN(CCOC)C3)c2c1COC2)/C(F)=C\C. The molecule has 2 saturated heterocycles. The Bertz CT molecular complexity index is 1640. The molecule has 0 aromatic heterocycles. The molecule has 4 aliphatic rings. The second-order valence-electron chi connectivity index (χ2n) is 16.0. The molecule has 9 nitrogen and oxygen atoms in total. The lowest BCUT2D eigenvalue weighted by molar-refractivity contribution is 0.0705. The zero-order chi connectivity index (χ0) is 37.8. The van der Waals surface area contributed by atoms with Crippen molar-refractivity contribution in [2.45, 2.75) is 78.7 Å². The van der Waals surface area contributed by atoms with Crippen LogP contribution in [0.1, 0.15) is 75.6 Å². The Morgan fingerprint density at radius 2 is 1.90 bits per heavy atom. The van der Waals surface area contributed by atoms with Gasteiger partial charge in [0.25, 0.3) is 0 Å². The highest BCUT2D eigenvalue weighted by Crippen LogP contribution is 2.47. The number of nitriles is 1. The number of piperazine rings is 1. The van der Waals surface area contributed by atoms with E-state index >= 15 is 8.78 Å². The zero-order valence-electron chi connectivity index (χ0n) is 31.8. The summed E-state index contributed by atoms with van der Waals surface area (Å²) in [5.74, 6) is -0.534. The number of likely N-dealkylation sites (tertiary alicyclic amines) is 1. The molecule has 284 valence electrons. The van der Waals surface area contributed by atoms with Crippen molar-refractivity contribution >= 4 is 23.2 Å². The number of amidine groups is 1. The van der Waals surface area contributed by atoms with Crippen LogP contribution in [0.15, 0.2) is 51.6 Å². The van der Waals surface area contributed by atoms with Crippen LogP contribution in [0.2, 0.25) is 0 Å². The highest BCUT2D eigenvalue weighted by molar-refractivity contribution is 8.06. The number of nitrogens with zero attached hydrogens (tertiary/aromatic N) is 5. The van der Waals surface area contributed by atoms with Gasteiger partial charge in [-0.05, 0) is 67.8 Å². The molecule has 0 spiro atoms. The topological polar surface area (TPSA) is 99.6 Å². The molecule has 2 N–H and O–H groups in total. The molecular weight excluding hydrogens is 683 g/mol. The van der Waals surface area contributed by atoms with Gasteiger partial charge in [0, 0.05) is 68.5 Å². The van der Waals surface area contributed by atoms with Crippen LogP contribution in [0, 0.1) is 28.0 Å². The molecule has 5 rings (SSSR count). The summed E-state index contributed by atoms with van der Waals surface area (Å²) in [4.78, 5) is 12.3. The zero-order valence-corrected chi connectivity index (χ0v) is 32.6. The summed E-state index contributed by atoms with van der Waals surface area (Å²) in [6.07, 6.45) is 5.50. The van der Waals surface area contributed by atoms with Gasteiger partial charge in [-0.3, -0.25) is 4.90 Å². The van der Waals surface area contributed by atoms with Gasteiger partial charge in [-0.25, -0.2) is 13.8 Å². The normalized spacial score (nSPS) is 22.0. The van der Waals surface area contributed by atoms with Crippen molar-refractivity contribution in [3.05, 3.63) is 74.7 Å². The first-order valence-corrected chi connectivity index (χ1v) is 19.0. The van der Waals surface area contributed by atoms with E-state index in [1.54, 1.807) is 7.11 Å². The van der Waals surface area contributed by atoms with Crippen LogP contribution in [0.5, 0.6) is 0 Å². The maximum Gasteiger partial charge on any atom is 0.139 e. The van der Waals surface area contributed by atoms with Crippen molar-refractivity contribution in [2.24, 2.45) is 21.6 Å². The van der Waals surface area contributed by atoms with Gasteiger partial charge in [-0.1, -0.05) is 51.8 Å². The number of fused-ring (bicyclic) bond motifs is 3. The number of halogens is 2. The molecule has 3 heterocycles. The van der Waals surface area contributed by atoms with Gasteiger partial charge in [0.2, 0.25) is 0 Å². The van der Waals surface area contributed by atoms with E-state index in [0.717, 1.165) is 75.7 Å². The highest BCUT2D eigenvalue weighted by atomic mass is 32.2. The van der Waals surface area contributed by atoms with E-state index in [0.29, 0.717) is 30.2 Å². The maximum atomic E-state index is 16.7. The molecule has 2 bridgehead atoms. The third kappa shape index (κ3) is 9.35. The maximum absolute atomic E-state index is 16.7. The molecular formula is C40H56F2N6O3S. The van der Waals surface area contributed by atoms with Gasteiger partial charge in [-0.2, -0.15) is 5.26 Å². The number of aliphatic imine (C=N–C) groups is 1. The van der Waals surface area contributed by atoms with Crippen molar-refractivity contribution in [3.63, 3.8) is 0 Å². The Hall–Kier alpha value is -3.05. The van der Waals surface area contributed by atoms with Crippen molar-refractivity contribution in [1.82, 2.24) is 14.7 Å². The lowest BCUT2D eigenvalue weighted by Crippen LogP contribution is -2.56. The Balaban J connectivity index is 1.49. The van der Waals surface area contributed by atoms with Crippen LogP contribution >= 0.6 is 11.8 Å². The molecule has 12 heteroatoms. The lowest BCUT2D eigenvalue weighted by Gasteiger charge is -2.43. The summed E-state index contributed by atoms with van der Waals surface area (Å²) >= 11 is 0.817. The van der Waals surface area contributed by atoms with Gasteiger partial charge in [-0.15, -0.1) is 0 Å². The smallest absolute Gasteiger partial charge is 0.139 e. The van der Waals surface area contributed by atoms with E-state index in [9.17, 15) is 5.26 Å². The molecule has 1 aromatic carbocycles. The van der Waals surface area contributed by atoms with E-state index in [1.165, 1.54) is 19.1 Å². The van der Waals surface area contributed by atoms with E-state index in [1.807, 2.05) is 0 Å². The minimum absolute atomic E-state index is 0.0565. The molecule has 3 aliphatic heterocycles. The number of thioether (sulfide) groups is 1. The first-order valence-electron chi connectivity index (χ1n) is 18.2. The highest BCUT2D eigenvalue weighted by Gasteiger charge is 2.45. The first kappa shape index (κ1) is 40.1. The second kappa shape index (κ2) is 17.0. The van der Waals surface area contributed by atoms with Crippen molar-refractivity contribution in [1.29, 1.82) is 5.26 Å². The largest absolute Gasteiger partial charge is 0.394 e. The molecule has 2 unspecified atom stereocenters. The quantitative estimate of drug-likeness (QED) is 0.0635. The minimum atomic E-state index is -0.664. The Morgan fingerprint density at radius 3 is 2.48 bits per heavy atom. The lowest BCUT2D eigenvalue weighted by atomic mass is 9.89. The molecule has 0 radical (unpaired) electrons. The molecule has 52 heavy (non-hydrogen) atoms. The van der Waals surface area contributed by atoms with Gasteiger partial charge in [0.1, 0.15) is 30.3 Å². The number of hydrogen-bond donors (Lipinski definition) is 1. The fourth-order valence-electron chi connectivity index (χ4n) is 8.09. The van der Waals surface area contributed by atoms with E-state index in [4.69, 9.17) is 24.9 Å². The second-order valence-corrected chi connectivity index (χ2v) is 17.1. The Labute approximate surface area is 313 Å². The van der Waals surface area contributed by atoms with Crippen LogP contribution in [0.25, 0.3) is 5.57 Å². The molecule has 1 saturated carbocycles.